The highest BCUT2D eigenvalue weighted by molar-refractivity contribution is 8.01. The lowest BCUT2D eigenvalue weighted by Gasteiger charge is -2.09. The van der Waals surface area contributed by atoms with Crippen molar-refractivity contribution in [1.29, 1.82) is 0 Å². The van der Waals surface area contributed by atoms with E-state index in [0.29, 0.717) is 10.8 Å². The normalized spacial score (nSPS) is 12.6. The fraction of sp³-hybridized carbons (Fsp3) is 0.273. The second-order valence-corrected chi connectivity index (χ2v) is 6.35. The molecule has 1 N–H and O–H groups in total. The Kier molecular flexibility index (Phi) is 4.39. The lowest BCUT2D eigenvalue weighted by molar-refractivity contribution is 0.204. The van der Waals surface area contributed by atoms with E-state index in [0.717, 1.165) is 14.9 Å². The summed E-state index contributed by atoms with van der Waals surface area (Å²) in [5, 5.41) is 19.5. The number of hydrogen-bond acceptors (Lipinski definition) is 5. The smallest absolute Gasteiger partial charge is 0.174 e. The summed E-state index contributed by atoms with van der Waals surface area (Å²) in [6.45, 7) is 1.91. The van der Waals surface area contributed by atoms with Gasteiger partial charge in [0.15, 0.2) is 4.34 Å². The number of halogens is 1. The minimum absolute atomic E-state index is 0.513. The van der Waals surface area contributed by atoms with E-state index < -0.39 is 6.10 Å². The fourth-order valence-electron chi connectivity index (χ4n) is 1.27. The van der Waals surface area contributed by atoms with Gasteiger partial charge >= 0.3 is 0 Å². The molecular formula is C11H11ClN2OS2. The standard InChI is InChI=1S/C11H11ClN2OS2/c1-7-13-14-11(17-7)16-6-10(15)8-2-4-9(12)5-3-8/h2-5,10,15H,6H2,1H3/t10-/m0/s1. The van der Waals surface area contributed by atoms with Gasteiger partial charge in [0.25, 0.3) is 0 Å². The zero-order valence-corrected chi connectivity index (χ0v) is 11.5. The van der Waals surface area contributed by atoms with Crippen molar-refractivity contribution in [2.24, 2.45) is 0 Å². The molecule has 0 aliphatic heterocycles. The number of thioether (sulfide) groups is 1. The van der Waals surface area contributed by atoms with Gasteiger partial charge in [-0.15, -0.1) is 10.2 Å². The Morgan fingerprint density at radius 1 is 1.35 bits per heavy atom. The first-order valence-corrected chi connectivity index (χ1v) is 7.19. The SMILES string of the molecule is Cc1nnc(SC[C@H](O)c2ccc(Cl)cc2)s1. The van der Waals surface area contributed by atoms with Crippen LogP contribution in [0.4, 0.5) is 0 Å². The molecule has 0 amide bonds. The maximum Gasteiger partial charge on any atom is 0.174 e. The monoisotopic (exact) mass is 286 g/mol. The second kappa shape index (κ2) is 5.82. The molecule has 0 unspecified atom stereocenters. The molecule has 0 bridgehead atoms. The number of nitrogens with zero attached hydrogens (tertiary/aromatic N) is 2. The lowest BCUT2D eigenvalue weighted by Crippen LogP contribution is -1.99. The van der Waals surface area contributed by atoms with Gasteiger partial charge in [0.05, 0.1) is 6.10 Å². The van der Waals surface area contributed by atoms with E-state index >= 15 is 0 Å². The second-order valence-electron chi connectivity index (χ2n) is 3.47. The van der Waals surface area contributed by atoms with Crippen LogP contribution in [-0.4, -0.2) is 21.1 Å². The Morgan fingerprint density at radius 2 is 2.06 bits per heavy atom. The average molecular weight is 287 g/mol. The van der Waals surface area contributed by atoms with Crippen molar-refractivity contribution in [1.82, 2.24) is 10.2 Å². The van der Waals surface area contributed by atoms with E-state index in [1.165, 1.54) is 23.1 Å². The van der Waals surface area contributed by atoms with Crippen molar-refractivity contribution in [3.63, 3.8) is 0 Å². The molecule has 17 heavy (non-hydrogen) atoms. The Hall–Kier alpha value is -0.620. The largest absolute Gasteiger partial charge is 0.388 e. The van der Waals surface area contributed by atoms with Gasteiger partial charge in [-0.05, 0) is 24.6 Å². The third-order valence-electron chi connectivity index (χ3n) is 2.13. The molecule has 2 rings (SSSR count). The number of aryl methyl sites for hydroxylation is 1. The number of hydrogen-bond donors (Lipinski definition) is 1. The predicted octanol–water partition coefficient (Wildman–Crippen LogP) is 3.33. The predicted molar refractivity (Wildman–Crippen MR) is 71.8 cm³/mol. The molecule has 90 valence electrons. The van der Waals surface area contributed by atoms with Crippen molar-refractivity contribution < 1.29 is 5.11 Å². The van der Waals surface area contributed by atoms with Crippen molar-refractivity contribution in [3.8, 4) is 0 Å². The molecule has 3 nitrogen and oxygen atoms in total. The molecule has 0 aliphatic carbocycles. The van der Waals surface area contributed by atoms with Gasteiger partial charge in [-0.3, -0.25) is 0 Å². The van der Waals surface area contributed by atoms with Crippen LogP contribution in [0.2, 0.25) is 5.02 Å². The van der Waals surface area contributed by atoms with E-state index in [1.807, 2.05) is 19.1 Å². The Bertz CT molecular complexity index is 486. The number of benzene rings is 1. The number of aromatic nitrogens is 2. The van der Waals surface area contributed by atoms with E-state index in [1.54, 1.807) is 12.1 Å². The van der Waals surface area contributed by atoms with E-state index in [-0.39, 0.29) is 0 Å². The summed E-state index contributed by atoms with van der Waals surface area (Å²) in [6, 6.07) is 7.22. The highest BCUT2D eigenvalue weighted by Gasteiger charge is 2.10. The summed E-state index contributed by atoms with van der Waals surface area (Å²) in [4.78, 5) is 0. The lowest BCUT2D eigenvalue weighted by atomic mass is 10.1. The maximum atomic E-state index is 9.97. The van der Waals surface area contributed by atoms with Crippen LogP contribution in [0.1, 0.15) is 16.7 Å². The zero-order chi connectivity index (χ0) is 12.3. The fourth-order valence-corrected chi connectivity index (χ4v) is 3.20. The van der Waals surface area contributed by atoms with Gasteiger partial charge in [-0.25, -0.2) is 0 Å². The minimum Gasteiger partial charge on any atom is -0.388 e. The number of rotatable bonds is 4. The third-order valence-corrected chi connectivity index (χ3v) is 4.43. The van der Waals surface area contributed by atoms with E-state index in [2.05, 4.69) is 10.2 Å². The van der Waals surface area contributed by atoms with Crippen LogP contribution >= 0.6 is 34.7 Å². The topological polar surface area (TPSA) is 46.0 Å². The van der Waals surface area contributed by atoms with Crippen molar-refractivity contribution in [2.75, 3.05) is 5.75 Å². The average Bonchev–Trinajstić information content (AvgIpc) is 2.73. The molecule has 0 saturated heterocycles. The molecule has 1 atom stereocenters. The van der Waals surface area contributed by atoms with Crippen LogP contribution < -0.4 is 0 Å². The Balaban J connectivity index is 1.93. The molecule has 0 fully saturated rings. The summed E-state index contributed by atoms with van der Waals surface area (Å²) < 4.78 is 0.885. The molecule has 0 aliphatic rings. The van der Waals surface area contributed by atoms with Gasteiger partial charge in [0.1, 0.15) is 5.01 Å². The third kappa shape index (κ3) is 3.67. The van der Waals surface area contributed by atoms with Gasteiger partial charge < -0.3 is 5.11 Å². The highest BCUT2D eigenvalue weighted by atomic mass is 35.5. The van der Waals surface area contributed by atoms with Gasteiger partial charge in [0, 0.05) is 10.8 Å². The number of aliphatic hydroxyl groups excluding tert-OH is 1. The summed E-state index contributed by atoms with van der Waals surface area (Å²) in [7, 11) is 0. The molecule has 2 aromatic rings. The first kappa shape index (κ1) is 12.8. The van der Waals surface area contributed by atoms with Crippen molar-refractivity contribution in [3.05, 3.63) is 39.9 Å². The molecule has 1 heterocycles. The summed E-state index contributed by atoms with van der Waals surface area (Å²) in [6.07, 6.45) is -0.513. The molecule has 1 aromatic carbocycles. The van der Waals surface area contributed by atoms with Gasteiger partial charge in [-0.1, -0.05) is 46.8 Å². The maximum absolute atomic E-state index is 9.97. The Labute approximate surface area is 113 Å². The van der Waals surface area contributed by atoms with Crippen LogP contribution in [0.15, 0.2) is 28.6 Å². The van der Waals surface area contributed by atoms with Crippen LogP contribution in [0.25, 0.3) is 0 Å². The molecule has 0 spiro atoms. The zero-order valence-electron chi connectivity index (χ0n) is 9.13. The molecule has 0 saturated carbocycles. The highest BCUT2D eigenvalue weighted by Crippen LogP contribution is 2.27. The van der Waals surface area contributed by atoms with E-state index in [9.17, 15) is 5.11 Å². The van der Waals surface area contributed by atoms with Gasteiger partial charge in [0.2, 0.25) is 0 Å². The molecule has 1 aromatic heterocycles. The number of aliphatic hydroxyl groups is 1. The van der Waals surface area contributed by atoms with Crippen LogP contribution in [0.3, 0.4) is 0 Å². The molecule has 6 heteroatoms. The van der Waals surface area contributed by atoms with Crippen LogP contribution in [-0.2, 0) is 0 Å². The summed E-state index contributed by atoms with van der Waals surface area (Å²) in [5.41, 5.74) is 0.864. The summed E-state index contributed by atoms with van der Waals surface area (Å²) in [5.74, 6) is 0.566. The van der Waals surface area contributed by atoms with Gasteiger partial charge in [-0.2, -0.15) is 0 Å². The molecular weight excluding hydrogens is 276 g/mol. The van der Waals surface area contributed by atoms with Crippen LogP contribution in [0.5, 0.6) is 0 Å². The summed E-state index contributed by atoms with van der Waals surface area (Å²) >= 11 is 8.83. The Morgan fingerprint density at radius 3 is 2.65 bits per heavy atom. The minimum atomic E-state index is -0.513. The first-order chi connectivity index (χ1) is 8.15. The molecule has 0 radical (unpaired) electrons. The van der Waals surface area contributed by atoms with E-state index in [4.69, 9.17) is 11.6 Å². The quantitative estimate of drug-likeness (QED) is 0.876. The van der Waals surface area contributed by atoms with Crippen molar-refractivity contribution in [2.45, 2.75) is 17.4 Å². The first-order valence-electron chi connectivity index (χ1n) is 5.01. The van der Waals surface area contributed by atoms with Crippen molar-refractivity contribution >= 4 is 34.7 Å². The van der Waals surface area contributed by atoms with Crippen LogP contribution in [0, 0.1) is 6.92 Å².